The Balaban J connectivity index is 0.00000464. The van der Waals surface area contributed by atoms with E-state index in [4.69, 9.17) is 15.0 Å². The third-order valence-corrected chi connectivity index (χ3v) is 10.2. The fourth-order valence-corrected chi connectivity index (χ4v) is 7.15. The molecule has 0 fully saturated rings. The van der Waals surface area contributed by atoms with Gasteiger partial charge < -0.3 is 4.98 Å². The van der Waals surface area contributed by atoms with Crippen molar-refractivity contribution in [2.24, 2.45) is 0 Å². The van der Waals surface area contributed by atoms with Gasteiger partial charge in [0, 0.05) is 18.1 Å². The first-order valence-electron chi connectivity index (χ1n) is 18.1. The number of fused-ring (bicyclic) bond motifs is 3. The van der Waals surface area contributed by atoms with Crippen LogP contribution in [0.2, 0.25) is 0 Å². The van der Waals surface area contributed by atoms with E-state index in [2.05, 4.69) is 161 Å². The van der Waals surface area contributed by atoms with Crippen molar-refractivity contribution in [2.75, 3.05) is 0 Å². The molecule has 0 atom stereocenters. The SMILES string of the molecule is Cc1cc(C(C)(C)C)cc(C)c1-c1ccc(-c2[c-]c(-c3cc(C(C)(C)C)cc4c3[n-]c3c(-c5ccccn5)cc(C(C)(C)C)cc34)ccc2)nc1.[Pt+2]. The Morgan fingerprint density at radius 1 is 0.538 bits per heavy atom. The van der Waals surface area contributed by atoms with Gasteiger partial charge in [0.25, 0.3) is 0 Å². The third-order valence-electron chi connectivity index (χ3n) is 10.2. The van der Waals surface area contributed by atoms with Crippen molar-refractivity contribution in [2.45, 2.75) is 92.4 Å². The first-order chi connectivity index (χ1) is 24.0. The van der Waals surface area contributed by atoms with Crippen molar-refractivity contribution in [3.05, 3.63) is 131 Å². The van der Waals surface area contributed by atoms with Gasteiger partial charge in [-0.2, -0.15) is 5.52 Å². The number of pyridine rings is 2. The smallest absolute Gasteiger partial charge is 0.662 e. The Labute approximate surface area is 324 Å². The second kappa shape index (κ2) is 13.6. The molecule has 0 N–H and O–H groups in total. The van der Waals surface area contributed by atoms with Crippen molar-refractivity contribution >= 4 is 21.8 Å². The monoisotopic (exact) mass is 862 g/mol. The molecule has 4 heteroatoms. The molecule has 7 rings (SSSR count). The average Bonchev–Trinajstić information content (AvgIpc) is 3.45. The summed E-state index contributed by atoms with van der Waals surface area (Å²) in [4.78, 5) is 15.2. The summed E-state index contributed by atoms with van der Waals surface area (Å²) >= 11 is 0. The molecule has 3 nitrogen and oxygen atoms in total. The van der Waals surface area contributed by atoms with Crippen LogP contribution >= 0.6 is 0 Å². The fourth-order valence-electron chi connectivity index (χ4n) is 7.15. The minimum absolute atomic E-state index is 0. The number of rotatable bonds is 4. The molecular weight excluding hydrogens is 814 g/mol. The Hall–Kier alpha value is -4.33. The van der Waals surface area contributed by atoms with Crippen molar-refractivity contribution in [1.82, 2.24) is 15.0 Å². The minimum atomic E-state index is -0.0612. The van der Waals surface area contributed by atoms with Gasteiger partial charge in [0.1, 0.15) is 0 Å². The molecule has 7 aromatic rings. The van der Waals surface area contributed by atoms with Gasteiger partial charge >= 0.3 is 21.1 Å². The zero-order valence-corrected chi connectivity index (χ0v) is 34.7. The van der Waals surface area contributed by atoms with E-state index < -0.39 is 0 Å². The fraction of sp³-hybridized carbons (Fsp3) is 0.292. The van der Waals surface area contributed by atoms with Crippen molar-refractivity contribution in [1.29, 1.82) is 0 Å². The maximum atomic E-state index is 5.42. The van der Waals surface area contributed by atoms with Crippen LogP contribution in [0.5, 0.6) is 0 Å². The number of aryl methyl sites for hydroxylation is 2. The predicted molar refractivity (Wildman–Crippen MR) is 217 cm³/mol. The van der Waals surface area contributed by atoms with Gasteiger partial charge in [0.05, 0.1) is 5.69 Å². The van der Waals surface area contributed by atoms with E-state index in [1.807, 2.05) is 18.5 Å². The van der Waals surface area contributed by atoms with E-state index >= 15 is 0 Å². The van der Waals surface area contributed by atoms with Crippen LogP contribution in [-0.4, -0.2) is 9.97 Å². The molecular formula is C48H49N3Pt. The van der Waals surface area contributed by atoms with Crippen molar-refractivity contribution < 1.29 is 21.1 Å². The number of hydrogen-bond donors (Lipinski definition) is 0. The first-order valence-corrected chi connectivity index (χ1v) is 18.1. The molecule has 0 aliphatic rings. The van der Waals surface area contributed by atoms with Gasteiger partial charge in [-0.15, -0.1) is 35.3 Å². The van der Waals surface area contributed by atoms with Gasteiger partial charge in [-0.25, -0.2) is 0 Å². The number of aromatic nitrogens is 3. The average molecular weight is 863 g/mol. The molecule has 3 heterocycles. The van der Waals surface area contributed by atoms with Gasteiger partial charge in [0.2, 0.25) is 0 Å². The minimum Gasteiger partial charge on any atom is -0.662 e. The molecule has 0 unspecified atom stereocenters. The van der Waals surface area contributed by atoms with E-state index in [-0.39, 0.29) is 37.3 Å². The van der Waals surface area contributed by atoms with Gasteiger partial charge in [-0.3, -0.25) is 9.97 Å². The van der Waals surface area contributed by atoms with E-state index in [0.29, 0.717) is 0 Å². The summed E-state index contributed by atoms with van der Waals surface area (Å²) in [5.74, 6) is 0. The van der Waals surface area contributed by atoms with Crippen molar-refractivity contribution in [3.63, 3.8) is 0 Å². The molecule has 0 saturated carbocycles. The first kappa shape index (κ1) is 37.4. The molecule has 0 aliphatic heterocycles. The van der Waals surface area contributed by atoms with Crippen LogP contribution in [-0.2, 0) is 37.3 Å². The molecule has 3 aromatic heterocycles. The second-order valence-electron chi connectivity index (χ2n) is 17.3. The quantitative estimate of drug-likeness (QED) is 0.166. The summed E-state index contributed by atoms with van der Waals surface area (Å²) < 4.78 is 0. The summed E-state index contributed by atoms with van der Waals surface area (Å²) in [6.45, 7) is 24.9. The molecule has 0 spiro atoms. The normalized spacial score (nSPS) is 12.4. The second-order valence-corrected chi connectivity index (χ2v) is 17.3. The van der Waals surface area contributed by atoms with Crippen LogP contribution < -0.4 is 4.98 Å². The molecule has 0 saturated heterocycles. The van der Waals surface area contributed by atoms with Gasteiger partial charge in [0.15, 0.2) is 0 Å². The Morgan fingerprint density at radius 2 is 1.10 bits per heavy atom. The summed E-state index contributed by atoms with van der Waals surface area (Å²) in [5.41, 5.74) is 16.8. The Morgan fingerprint density at radius 3 is 1.63 bits per heavy atom. The summed E-state index contributed by atoms with van der Waals surface area (Å²) in [6.07, 6.45) is 3.88. The molecule has 0 amide bonds. The zero-order chi connectivity index (χ0) is 36.5. The number of nitrogens with zero attached hydrogens (tertiary/aromatic N) is 3. The van der Waals surface area contributed by atoms with E-state index in [1.165, 1.54) is 44.2 Å². The van der Waals surface area contributed by atoms with Crippen LogP contribution in [0.15, 0.2) is 97.3 Å². The molecule has 4 aromatic carbocycles. The molecule has 0 bridgehead atoms. The largest absolute Gasteiger partial charge is 2.00 e. The maximum absolute atomic E-state index is 5.42. The van der Waals surface area contributed by atoms with E-state index in [9.17, 15) is 0 Å². The Bertz CT molecular complexity index is 2390. The molecule has 0 radical (unpaired) electrons. The summed E-state index contributed by atoms with van der Waals surface area (Å²) in [6, 6.07) is 34.5. The standard InChI is InChI=1S/C48H49N3.Pt/c1-29-21-34(46(3,4)5)22-30(2)43(29)33-18-19-41(50-28-33)32-16-14-15-31(23-32)37-24-35(47(6,7)8)25-38-39-26-36(48(9,10)11)27-40(45(39)51-44(37)38)42-17-12-13-20-49-42;/h12-22,24-28H,1-11H3;/q-2;+2. The van der Waals surface area contributed by atoms with Crippen LogP contribution in [0.25, 0.3) is 66.6 Å². The summed E-state index contributed by atoms with van der Waals surface area (Å²) in [5, 5.41) is 2.33. The predicted octanol–water partition coefficient (Wildman–Crippen LogP) is 12.7. The maximum Gasteiger partial charge on any atom is 2.00 e. The van der Waals surface area contributed by atoms with E-state index in [0.717, 1.165) is 50.2 Å². The number of benzene rings is 4. The van der Waals surface area contributed by atoms with Gasteiger partial charge in [-0.1, -0.05) is 128 Å². The molecule has 52 heavy (non-hydrogen) atoms. The van der Waals surface area contributed by atoms with Gasteiger partial charge in [-0.05, 0) is 97.5 Å². The van der Waals surface area contributed by atoms with Crippen LogP contribution in [0, 0.1) is 19.9 Å². The zero-order valence-electron chi connectivity index (χ0n) is 32.4. The van der Waals surface area contributed by atoms with Crippen LogP contribution in [0.3, 0.4) is 0 Å². The van der Waals surface area contributed by atoms with E-state index in [1.54, 1.807) is 0 Å². The summed E-state index contributed by atoms with van der Waals surface area (Å²) in [7, 11) is 0. The molecule has 266 valence electrons. The third kappa shape index (κ3) is 7.05. The number of hydrogen-bond acceptors (Lipinski definition) is 2. The van der Waals surface area contributed by atoms with Crippen molar-refractivity contribution in [3.8, 4) is 44.8 Å². The topological polar surface area (TPSA) is 39.9 Å². The Kier molecular flexibility index (Phi) is 9.77. The van der Waals surface area contributed by atoms with Crippen LogP contribution in [0.1, 0.15) is 90.1 Å². The van der Waals surface area contributed by atoms with Crippen LogP contribution in [0.4, 0.5) is 0 Å². The molecule has 0 aliphatic carbocycles.